The van der Waals surface area contributed by atoms with Gasteiger partial charge in [0.25, 0.3) is 0 Å². The van der Waals surface area contributed by atoms with Crippen molar-refractivity contribution in [1.29, 1.82) is 0 Å². The number of benzene rings is 1. The molecule has 3 aromatic rings. The molecule has 0 saturated heterocycles. The van der Waals surface area contributed by atoms with Crippen molar-refractivity contribution in [3.05, 3.63) is 60.4 Å². The van der Waals surface area contributed by atoms with Crippen molar-refractivity contribution in [2.75, 3.05) is 18.4 Å². The Labute approximate surface area is 164 Å². The Morgan fingerprint density at radius 1 is 1.10 bits per heavy atom. The van der Waals surface area contributed by atoms with Crippen LogP contribution >= 0.6 is 0 Å². The van der Waals surface area contributed by atoms with Gasteiger partial charge in [-0.25, -0.2) is 28.1 Å². The van der Waals surface area contributed by atoms with Crippen LogP contribution in [-0.4, -0.2) is 41.0 Å². The van der Waals surface area contributed by atoms with E-state index in [1.165, 1.54) is 12.4 Å². The first kappa shape index (κ1) is 20.7. The maximum Gasteiger partial charge on any atom is 0.417 e. The summed E-state index contributed by atoms with van der Waals surface area (Å²) in [7, 11) is -4.33. The van der Waals surface area contributed by atoms with Gasteiger partial charge in [0.1, 0.15) is 23.8 Å². The molecule has 0 aliphatic heterocycles. The van der Waals surface area contributed by atoms with Crippen molar-refractivity contribution >= 4 is 15.8 Å². The van der Waals surface area contributed by atoms with Crippen molar-refractivity contribution in [1.82, 2.24) is 24.2 Å². The molecule has 2 heterocycles. The Morgan fingerprint density at radius 3 is 2.55 bits per heavy atom. The van der Waals surface area contributed by atoms with Gasteiger partial charge in [0, 0.05) is 31.5 Å². The molecule has 0 radical (unpaired) electrons. The minimum absolute atomic E-state index is 0.104. The van der Waals surface area contributed by atoms with E-state index in [0.717, 1.165) is 24.0 Å². The molecule has 2 aromatic heterocycles. The van der Waals surface area contributed by atoms with Gasteiger partial charge in [-0.15, -0.1) is 0 Å². The van der Waals surface area contributed by atoms with E-state index in [2.05, 4.69) is 25.0 Å². The van der Waals surface area contributed by atoms with Crippen LogP contribution in [0.1, 0.15) is 11.4 Å². The lowest BCUT2D eigenvalue weighted by molar-refractivity contribution is -0.139. The van der Waals surface area contributed by atoms with E-state index in [0.29, 0.717) is 11.6 Å². The van der Waals surface area contributed by atoms with Crippen LogP contribution in [0.4, 0.5) is 19.0 Å². The molecule has 12 heteroatoms. The fourth-order valence-corrected chi connectivity index (χ4v) is 3.84. The minimum atomic E-state index is -4.77. The minimum Gasteiger partial charge on any atom is -0.369 e. The predicted molar refractivity (Wildman–Crippen MR) is 99.0 cm³/mol. The molecular formula is C17H17F3N6O2S. The SMILES string of the molecule is Cc1nccn1-c1cc(NCCNS(=O)(=O)c2ccccc2C(F)(F)F)ncn1. The van der Waals surface area contributed by atoms with E-state index in [1.54, 1.807) is 23.0 Å². The highest BCUT2D eigenvalue weighted by molar-refractivity contribution is 7.89. The molecule has 0 unspecified atom stereocenters. The zero-order chi connectivity index (χ0) is 21.1. The maximum atomic E-state index is 13.0. The number of aromatic nitrogens is 4. The molecule has 0 fully saturated rings. The highest BCUT2D eigenvalue weighted by Crippen LogP contribution is 2.33. The van der Waals surface area contributed by atoms with Crippen molar-refractivity contribution in [3.63, 3.8) is 0 Å². The summed E-state index contributed by atoms with van der Waals surface area (Å²) in [4.78, 5) is 11.5. The van der Waals surface area contributed by atoms with Crippen molar-refractivity contribution in [3.8, 4) is 5.82 Å². The third-order valence-electron chi connectivity index (χ3n) is 3.93. The molecular weight excluding hydrogens is 409 g/mol. The molecule has 154 valence electrons. The first-order valence-corrected chi connectivity index (χ1v) is 9.89. The van der Waals surface area contributed by atoms with Crippen LogP contribution < -0.4 is 10.0 Å². The van der Waals surface area contributed by atoms with Crippen LogP contribution in [0.25, 0.3) is 5.82 Å². The Hall–Kier alpha value is -2.99. The summed E-state index contributed by atoms with van der Waals surface area (Å²) < 4.78 is 67.6. The lowest BCUT2D eigenvalue weighted by atomic mass is 10.2. The highest BCUT2D eigenvalue weighted by atomic mass is 32.2. The molecule has 0 aliphatic carbocycles. The average Bonchev–Trinajstić information content (AvgIpc) is 3.11. The van der Waals surface area contributed by atoms with Crippen LogP contribution in [0.3, 0.4) is 0 Å². The normalized spacial score (nSPS) is 12.1. The third-order valence-corrected chi connectivity index (χ3v) is 5.45. The third kappa shape index (κ3) is 4.90. The van der Waals surface area contributed by atoms with Crippen LogP contribution in [0.15, 0.2) is 53.9 Å². The quantitative estimate of drug-likeness (QED) is 0.563. The van der Waals surface area contributed by atoms with E-state index in [9.17, 15) is 21.6 Å². The number of nitrogens with zero attached hydrogens (tertiary/aromatic N) is 4. The Kier molecular flexibility index (Phi) is 5.84. The molecule has 2 N–H and O–H groups in total. The second-order valence-electron chi connectivity index (χ2n) is 5.92. The number of hydrogen-bond donors (Lipinski definition) is 2. The summed E-state index contributed by atoms with van der Waals surface area (Å²) in [6, 6.07) is 5.67. The van der Waals surface area contributed by atoms with E-state index < -0.39 is 26.7 Å². The number of hydrogen-bond acceptors (Lipinski definition) is 6. The largest absolute Gasteiger partial charge is 0.417 e. The maximum absolute atomic E-state index is 13.0. The van der Waals surface area contributed by atoms with Crippen LogP contribution in [0, 0.1) is 6.92 Å². The monoisotopic (exact) mass is 426 g/mol. The van der Waals surface area contributed by atoms with Gasteiger partial charge >= 0.3 is 6.18 Å². The number of anilines is 1. The number of rotatable bonds is 7. The molecule has 0 amide bonds. The second-order valence-corrected chi connectivity index (χ2v) is 7.66. The van der Waals surface area contributed by atoms with Crippen LogP contribution in [0.5, 0.6) is 0 Å². The van der Waals surface area contributed by atoms with Gasteiger partial charge < -0.3 is 5.32 Å². The van der Waals surface area contributed by atoms with Crippen molar-refractivity contribution < 1.29 is 21.6 Å². The van der Waals surface area contributed by atoms with Gasteiger partial charge in [0.2, 0.25) is 10.0 Å². The smallest absolute Gasteiger partial charge is 0.369 e. The topological polar surface area (TPSA) is 102 Å². The number of aryl methyl sites for hydroxylation is 1. The number of nitrogens with one attached hydrogen (secondary N) is 2. The van der Waals surface area contributed by atoms with Gasteiger partial charge in [0.15, 0.2) is 0 Å². The van der Waals surface area contributed by atoms with E-state index in [4.69, 9.17) is 0 Å². The lowest BCUT2D eigenvalue weighted by Crippen LogP contribution is -2.30. The molecule has 29 heavy (non-hydrogen) atoms. The Morgan fingerprint density at radius 2 is 1.86 bits per heavy atom. The number of sulfonamides is 1. The molecule has 0 bridgehead atoms. The highest BCUT2D eigenvalue weighted by Gasteiger charge is 2.36. The fourth-order valence-electron chi connectivity index (χ4n) is 2.58. The predicted octanol–water partition coefficient (Wildman–Crippen LogP) is 2.38. The molecule has 0 saturated carbocycles. The summed E-state index contributed by atoms with van der Waals surface area (Å²) in [5, 5.41) is 2.90. The first-order valence-electron chi connectivity index (χ1n) is 8.40. The van der Waals surface area contributed by atoms with Gasteiger partial charge in [-0.1, -0.05) is 12.1 Å². The van der Waals surface area contributed by atoms with Gasteiger partial charge in [-0.3, -0.25) is 4.57 Å². The Balaban J connectivity index is 1.63. The fraction of sp³-hybridized carbons (Fsp3) is 0.235. The Bertz CT molecular complexity index is 1100. The number of alkyl halides is 3. The van der Waals surface area contributed by atoms with E-state index in [-0.39, 0.29) is 13.1 Å². The zero-order valence-corrected chi connectivity index (χ0v) is 16.0. The summed E-state index contributed by atoms with van der Waals surface area (Å²) in [5.41, 5.74) is -1.21. The van der Waals surface area contributed by atoms with E-state index >= 15 is 0 Å². The average molecular weight is 426 g/mol. The summed E-state index contributed by atoms with van der Waals surface area (Å²) >= 11 is 0. The van der Waals surface area contributed by atoms with Crippen LogP contribution in [-0.2, 0) is 16.2 Å². The molecule has 0 aliphatic rings. The second kappa shape index (κ2) is 8.17. The summed E-state index contributed by atoms with van der Waals surface area (Å²) in [5.74, 6) is 1.72. The van der Waals surface area contributed by atoms with E-state index in [1.807, 2.05) is 6.92 Å². The van der Waals surface area contributed by atoms with Crippen LogP contribution in [0.2, 0.25) is 0 Å². The lowest BCUT2D eigenvalue weighted by Gasteiger charge is -2.14. The van der Waals surface area contributed by atoms with Crippen molar-refractivity contribution in [2.24, 2.45) is 0 Å². The summed E-state index contributed by atoms with van der Waals surface area (Å²) in [6.45, 7) is 1.77. The van der Waals surface area contributed by atoms with Gasteiger partial charge in [-0.2, -0.15) is 13.2 Å². The molecule has 0 spiro atoms. The molecule has 0 atom stereocenters. The molecule has 8 nitrogen and oxygen atoms in total. The van der Waals surface area contributed by atoms with Gasteiger partial charge in [-0.05, 0) is 19.1 Å². The first-order chi connectivity index (χ1) is 13.7. The zero-order valence-electron chi connectivity index (χ0n) is 15.2. The molecule has 1 aromatic carbocycles. The standard InChI is InChI=1S/C17H17F3N6O2S/c1-12-21-8-9-26(12)16-10-15(23-11-24-16)22-6-7-25-29(27,28)14-5-3-2-4-13(14)17(18,19)20/h2-5,8-11,25H,6-7H2,1H3,(H,22,23,24). The summed E-state index contributed by atoms with van der Waals surface area (Å²) in [6.07, 6.45) is -0.0843. The van der Waals surface area contributed by atoms with Crippen molar-refractivity contribution in [2.45, 2.75) is 18.0 Å². The number of halogens is 3. The van der Waals surface area contributed by atoms with Gasteiger partial charge in [0.05, 0.1) is 10.5 Å². The molecule has 3 rings (SSSR count). The number of imidazole rings is 1.